The number of imidazole rings is 1. The predicted molar refractivity (Wildman–Crippen MR) is 70.5 cm³/mol. The molecule has 2 atom stereocenters. The highest BCUT2D eigenvalue weighted by Gasteiger charge is 2.31. The second-order valence-corrected chi connectivity index (χ2v) is 4.89. The molecule has 2 aromatic heterocycles. The molecule has 1 aliphatic rings. The zero-order valence-electron chi connectivity index (χ0n) is 10.9. The summed E-state index contributed by atoms with van der Waals surface area (Å²) in [4.78, 5) is 23.4. The number of nitrogens with one attached hydrogen (secondary N) is 2. The molecule has 112 valence electrons. The highest BCUT2D eigenvalue weighted by Crippen LogP contribution is 2.22. The van der Waals surface area contributed by atoms with Crippen LogP contribution in [0.4, 0.5) is 19.5 Å². The molecule has 3 heterocycles. The van der Waals surface area contributed by atoms with Crippen LogP contribution in [0.5, 0.6) is 0 Å². The Morgan fingerprint density at radius 3 is 3.14 bits per heavy atom. The number of aromatic amines is 1. The van der Waals surface area contributed by atoms with Crippen molar-refractivity contribution in [2.45, 2.75) is 18.6 Å². The number of carbonyl (C=O) groups is 1. The average molecular weight is 297 g/mol. The van der Waals surface area contributed by atoms with E-state index in [9.17, 15) is 13.6 Å². The van der Waals surface area contributed by atoms with E-state index in [-0.39, 0.29) is 13.0 Å². The molecule has 1 aliphatic heterocycles. The highest BCUT2D eigenvalue weighted by atomic mass is 19.1. The molecule has 0 aromatic carbocycles. The predicted octanol–water partition coefficient (Wildman–Crippen LogP) is 1.28. The molecule has 21 heavy (non-hydrogen) atoms. The number of H-pyrrole nitrogens is 1. The van der Waals surface area contributed by atoms with Crippen molar-refractivity contribution in [1.29, 1.82) is 0 Å². The van der Waals surface area contributed by atoms with E-state index in [4.69, 9.17) is 5.11 Å². The number of pyridine rings is 1. The Labute approximate surface area is 118 Å². The maximum atomic E-state index is 13.7. The van der Waals surface area contributed by atoms with Gasteiger partial charge < -0.3 is 20.3 Å². The van der Waals surface area contributed by atoms with Crippen LogP contribution in [0.15, 0.2) is 12.3 Å². The van der Waals surface area contributed by atoms with Gasteiger partial charge in [-0.1, -0.05) is 0 Å². The number of hydrogen-bond donors (Lipinski definition) is 3. The first kappa shape index (κ1) is 13.5. The van der Waals surface area contributed by atoms with E-state index in [0.717, 1.165) is 6.20 Å². The Kier molecular flexibility index (Phi) is 3.32. The Bertz CT molecular complexity index is 677. The first-order valence-electron chi connectivity index (χ1n) is 6.42. The van der Waals surface area contributed by atoms with Crippen molar-refractivity contribution in [3.8, 4) is 0 Å². The zero-order valence-corrected chi connectivity index (χ0v) is 10.9. The van der Waals surface area contributed by atoms with E-state index in [1.54, 1.807) is 4.90 Å². The minimum Gasteiger partial charge on any atom is -0.465 e. The van der Waals surface area contributed by atoms with Crippen LogP contribution in [0.3, 0.4) is 0 Å². The lowest BCUT2D eigenvalue weighted by atomic mass is 10.0. The van der Waals surface area contributed by atoms with Crippen LogP contribution < -0.4 is 10.2 Å². The second kappa shape index (κ2) is 5.15. The maximum Gasteiger partial charge on any atom is 0.405 e. The lowest BCUT2D eigenvalue weighted by Crippen LogP contribution is -2.53. The molecule has 0 unspecified atom stereocenters. The Morgan fingerprint density at radius 2 is 2.38 bits per heavy atom. The number of anilines is 1. The van der Waals surface area contributed by atoms with Crippen LogP contribution in [-0.2, 0) is 0 Å². The van der Waals surface area contributed by atoms with Crippen LogP contribution in [-0.4, -0.2) is 51.5 Å². The quantitative estimate of drug-likeness (QED) is 0.776. The number of hydrogen-bond acceptors (Lipinski definition) is 4. The van der Waals surface area contributed by atoms with E-state index < -0.39 is 24.1 Å². The van der Waals surface area contributed by atoms with Gasteiger partial charge in [-0.2, -0.15) is 4.98 Å². The Balaban J connectivity index is 1.83. The van der Waals surface area contributed by atoms with Crippen LogP contribution in [0.25, 0.3) is 11.2 Å². The van der Waals surface area contributed by atoms with Gasteiger partial charge in [-0.25, -0.2) is 18.6 Å². The smallest absolute Gasteiger partial charge is 0.405 e. The van der Waals surface area contributed by atoms with Gasteiger partial charge in [-0.05, 0) is 6.42 Å². The molecule has 0 spiro atoms. The lowest BCUT2D eigenvalue weighted by molar-refractivity contribution is 0.167. The molecular formula is C12H13F2N5O2. The minimum atomic E-state index is -1.27. The summed E-state index contributed by atoms with van der Waals surface area (Å²) in [5.41, 5.74) is 0.798. The third-order valence-corrected chi connectivity index (χ3v) is 3.43. The van der Waals surface area contributed by atoms with Crippen LogP contribution in [0, 0.1) is 5.82 Å². The summed E-state index contributed by atoms with van der Waals surface area (Å²) in [7, 11) is 0. The van der Waals surface area contributed by atoms with E-state index in [2.05, 4.69) is 20.3 Å². The monoisotopic (exact) mass is 297 g/mol. The molecule has 3 N–H and O–H groups in total. The number of rotatable bonds is 2. The first-order chi connectivity index (χ1) is 10.0. The number of fused-ring (bicyclic) bond motifs is 1. The third-order valence-electron chi connectivity index (χ3n) is 3.43. The molecule has 1 saturated heterocycles. The highest BCUT2D eigenvalue weighted by molar-refractivity contribution is 5.73. The molecule has 7 nitrogen and oxygen atoms in total. The summed E-state index contributed by atoms with van der Waals surface area (Å²) in [5.74, 6) is -0.0576. The fourth-order valence-electron chi connectivity index (χ4n) is 2.42. The van der Waals surface area contributed by atoms with Gasteiger partial charge in [0.15, 0.2) is 5.65 Å². The van der Waals surface area contributed by atoms with Gasteiger partial charge in [0.1, 0.15) is 12.0 Å². The first-order valence-corrected chi connectivity index (χ1v) is 6.42. The number of halogens is 2. The Morgan fingerprint density at radius 1 is 1.57 bits per heavy atom. The molecular weight excluding hydrogens is 284 g/mol. The molecule has 0 bridgehead atoms. The molecule has 3 rings (SSSR count). The fraction of sp³-hybridized carbons (Fsp3) is 0.417. The van der Waals surface area contributed by atoms with Gasteiger partial charge >= 0.3 is 6.09 Å². The van der Waals surface area contributed by atoms with Crippen molar-refractivity contribution in [2.24, 2.45) is 0 Å². The SMILES string of the molecule is O=C(O)N[C@@H]1CN(c2nc3ncc(F)cc3[nH]2)CC[C@H]1F. The minimum absolute atomic E-state index is 0.149. The summed E-state index contributed by atoms with van der Waals surface area (Å²) in [6.45, 7) is 0.539. The molecule has 2 aromatic rings. The van der Waals surface area contributed by atoms with E-state index in [1.165, 1.54) is 6.07 Å². The largest absolute Gasteiger partial charge is 0.465 e. The van der Waals surface area contributed by atoms with Gasteiger partial charge in [-0.3, -0.25) is 0 Å². The molecule has 0 saturated carbocycles. The van der Waals surface area contributed by atoms with Crippen LogP contribution in [0.1, 0.15) is 6.42 Å². The van der Waals surface area contributed by atoms with Crippen molar-refractivity contribution >= 4 is 23.2 Å². The van der Waals surface area contributed by atoms with Crippen molar-refractivity contribution < 1.29 is 18.7 Å². The number of carboxylic acid groups (broad SMARTS) is 1. The van der Waals surface area contributed by atoms with Gasteiger partial charge in [0.2, 0.25) is 5.95 Å². The van der Waals surface area contributed by atoms with Gasteiger partial charge in [0.25, 0.3) is 0 Å². The summed E-state index contributed by atoms with van der Waals surface area (Å²) < 4.78 is 26.8. The molecule has 0 radical (unpaired) electrons. The number of nitrogens with zero attached hydrogens (tertiary/aromatic N) is 3. The molecule has 1 amide bonds. The number of alkyl halides is 1. The standard InChI is InChI=1S/C12H13F2N5O2/c13-6-3-8-10(15-4-6)18-11(16-8)19-2-1-7(14)9(5-19)17-12(20)21/h3-4,7,9,17H,1-2,5H2,(H,20,21)(H,15,16,18)/t7-,9-/m1/s1. The summed E-state index contributed by atoms with van der Waals surface area (Å²) >= 11 is 0. The number of amides is 1. The van der Waals surface area contributed by atoms with E-state index in [1.807, 2.05) is 0 Å². The molecule has 9 heteroatoms. The van der Waals surface area contributed by atoms with Crippen molar-refractivity contribution in [2.75, 3.05) is 18.0 Å². The normalized spacial score (nSPS) is 22.5. The van der Waals surface area contributed by atoms with Crippen molar-refractivity contribution in [3.63, 3.8) is 0 Å². The third kappa shape index (κ3) is 2.71. The van der Waals surface area contributed by atoms with E-state index >= 15 is 0 Å². The molecule has 0 aliphatic carbocycles. The second-order valence-electron chi connectivity index (χ2n) is 4.89. The van der Waals surface area contributed by atoms with Crippen molar-refractivity contribution in [1.82, 2.24) is 20.3 Å². The average Bonchev–Trinajstić information content (AvgIpc) is 2.83. The number of piperidine rings is 1. The van der Waals surface area contributed by atoms with Gasteiger partial charge in [-0.15, -0.1) is 0 Å². The number of aromatic nitrogens is 3. The van der Waals surface area contributed by atoms with Crippen LogP contribution in [0.2, 0.25) is 0 Å². The maximum absolute atomic E-state index is 13.7. The molecule has 1 fully saturated rings. The summed E-state index contributed by atoms with van der Waals surface area (Å²) in [5, 5.41) is 10.9. The van der Waals surface area contributed by atoms with E-state index in [0.29, 0.717) is 23.7 Å². The fourth-order valence-corrected chi connectivity index (χ4v) is 2.42. The summed E-state index contributed by atoms with van der Waals surface area (Å²) in [6, 6.07) is 0.447. The Hall–Kier alpha value is -2.45. The van der Waals surface area contributed by atoms with Gasteiger partial charge in [0.05, 0.1) is 17.8 Å². The summed E-state index contributed by atoms with van der Waals surface area (Å²) in [6.07, 6.45) is -1.26. The van der Waals surface area contributed by atoms with Gasteiger partial charge in [0, 0.05) is 19.2 Å². The zero-order chi connectivity index (χ0) is 15.0. The lowest BCUT2D eigenvalue weighted by Gasteiger charge is -2.34. The topological polar surface area (TPSA) is 94.1 Å². The van der Waals surface area contributed by atoms with Crippen LogP contribution >= 0.6 is 0 Å². The van der Waals surface area contributed by atoms with Crippen molar-refractivity contribution in [3.05, 3.63) is 18.1 Å².